The van der Waals surface area contributed by atoms with E-state index in [1.807, 2.05) is 11.3 Å². The van der Waals surface area contributed by atoms with Gasteiger partial charge in [-0.15, -0.1) is 11.3 Å². The van der Waals surface area contributed by atoms with Gasteiger partial charge in [-0.3, -0.25) is 0 Å². The molecule has 2 heterocycles. The molecular weight excluding hydrogens is 258 g/mol. The van der Waals surface area contributed by atoms with Gasteiger partial charge in [-0.1, -0.05) is 13.8 Å². The lowest BCUT2D eigenvalue weighted by molar-refractivity contribution is 0.282. The van der Waals surface area contributed by atoms with E-state index in [1.165, 1.54) is 22.2 Å². The largest absolute Gasteiger partial charge is 0.306 e. The molecule has 0 radical (unpaired) electrons. The quantitative estimate of drug-likeness (QED) is 0.866. The van der Waals surface area contributed by atoms with Crippen molar-refractivity contribution in [2.75, 3.05) is 6.54 Å². The summed E-state index contributed by atoms with van der Waals surface area (Å²) in [6.45, 7) is 5.78. The van der Waals surface area contributed by atoms with Crippen molar-refractivity contribution in [3.63, 3.8) is 0 Å². The first-order valence-corrected chi connectivity index (χ1v) is 6.82. The Hall–Kier alpha value is 0.140. The molecule has 1 aromatic heterocycles. The normalized spacial score (nSPS) is 27.4. The molecule has 0 aliphatic carbocycles. The van der Waals surface area contributed by atoms with Gasteiger partial charge in [-0.2, -0.15) is 0 Å². The van der Waals surface area contributed by atoms with Crippen molar-refractivity contribution in [1.82, 2.24) is 5.32 Å². The van der Waals surface area contributed by atoms with Crippen molar-refractivity contribution in [3.8, 4) is 0 Å². The van der Waals surface area contributed by atoms with Crippen LogP contribution in [0.1, 0.15) is 31.6 Å². The second-order valence-electron chi connectivity index (χ2n) is 4.25. The van der Waals surface area contributed by atoms with Crippen LogP contribution >= 0.6 is 27.3 Å². The first-order chi connectivity index (χ1) is 6.67. The zero-order chi connectivity index (χ0) is 10.2. The molecule has 1 atom stereocenters. The average Bonchev–Trinajstić information content (AvgIpc) is 2.72. The van der Waals surface area contributed by atoms with Crippen LogP contribution in [-0.2, 0) is 5.54 Å². The van der Waals surface area contributed by atoms with Crippen molar-refractivity contribution in [3.05, 3.63) is 20.8 Å². The highest BCUT2D eigenvalue weighted by atomic mass is 79.9. The van der Waals surface area contributed by atoms with Gasteiger partial charge in [0.1, 0.15) is 0 Å². The van der Waals surface area contributed by atoms with Crippen LogP contribution in [0.5, 0.6) is 0 Å². The third-order valence-electron chi connectivity index (χ3n) is 3.20. The molecule has 1 aromatic rings. The summed E-state index contributed by atoms with van der Waals surface area (Å²) in [7, 11) is 0. The number of thiophene rings is 1. The van der Waals surface area contributed by atoms with E-state index in [1.54, 1.807) is 0 Å². The topological polar surface area (TPSA) is 12.0 Å². The molecule has 1 unspecified atom stereocenters. The SMILES string of the molecule is CC(C)C1(c2sccc2Br)CCCN1. The van der Waals surface area contributed by atoms with Crippen LogP contribution in [0.15, 0.2) is 15.9 Å². The first-order valence-electron chi connectivity index (χ1n) is 5.15. The number of rotatable bonds is 2. The van der Waals surface area contributed by atoms with E-state index in [0.717, 1.165) is 6.54 Å². The number of nitrogens with one attached hydrogen (secondary N) is 1. The average molecular weight is 274 g/mol. The fourth-order valence-electron chi connectivity index (χ4n) is 2.33. The van der Waals surface area contributed by atoms with E-state index >= 15 is 0 Å². The van der Waals surface area contributed by atoms with Crippen molar-refractivity contribution in [1.29, 1.82) is 0 Å². The molecule has 0 amide bonds. The highest BCUT2D eigenvalue weighted by Gasteiger charge is 2.40. The molecule has 78 valence electrons. The van der Waals surface area contributed by atoms with Crippen LogP contribution in [0.25, 0.3) is 0 Å². The van der Waals surface area contributed by atoms with Gasteiger partial charge in [-0.25, -0.2) is 0 Å². The van der Waals surface area contributed by atoms with Gasteiger partial charge in [0.25, 0.3) is 0 Å². The summed E-state index contributed by atoms with van der Waals surface area (Å²) in [6, 6.07) is 2.16. The Labute approximate surface area is 98.0 Å². The number of hydrogen-bond acceptors (Lipinski definition) is 2. The summed E-state index contributed by atoms with van der Waals surface area (Å²) in [5.74, 6) is 0.653. The molecular formula is C11H16BrNS. The lowest BCUT2D eigenvalue weighted by Gasteiger charge is -2.33. The second-order valence-corrected chi connectivity index (χ2v) is 6.02. The van der Waals surface area contributed by atoms with Crippen molar-refractivity contribution >= 4 is 27.3 Å². The van der Waals surface area contributed by atoms with E-state index in [0.29, 0.717) is 5.92 Å². The molecule has 14 heavy (non-hydrogen) atoms. The Balaban J connectivity index is 2.41. The molecule has 0 saturated carbocycles. The minimum atomic E-state index is 0.229. The summed E-state index contributed by atoms with van der Waals surface area (Å²) in [5.41, 5.74) is 0.229. The predicted molar refractivity (Wildman–Crippen MR) is 65.8 cm³/mol. The second kappa shape index (κ2) is 3.95. The molecule has 1 nitrogen and oxygen atoms in total. The fourth-order valence-corrected chi connectivity index (χ4v) is 4.41. The summed E-state index contributed by atoms with van der Waals surface area (Å²) < 4.78 is 1.27. The minimum Gasteiger partial charge on any atom is -0.306 e. The molecule has 1 aliphatic heterocycles. The van der Waals surface area contributed by atoms with Crippen LogP contribution in [-0.4, -0.2) is 6.54 Å². The maximum atomic E-state index is 3.69. The van der Waals surface area contributed by atoms with Crippen molar-refractivity contribution in [2.45, 2.75) is 32.2 Å². The zero-order valence-electron chi connectivity index (χ0n) is 8.64. The summed E-state index contributed by atoms with van der Waals surface area (Å²) in [5, 5.41) is 5.86. The van der Waals surface area contributed by atoms with Gasteiger partial charge in [0.15, 0.2) is 0 Å². The van der Waals surface area contributed by atoms with E-state index in [2.05, 4.69) is 46.5 Å². The van der Waals surface area contributed by atoms with Crippen LogP contribution < -0.4 is 5.32 Å². The molecule has 1 fully saturated rings. The van der Waals surface area contributed by atoms with Gasteiger partial charge in [0.2, 0.25) is 0 Å². The maximum Gasteiger partial charge on any atom is 0.0563 e. The highest BCUT2D eigenvalue weighted by molar-refractivity contribution is 9.10. The van der Waals surface area contributed by atoms with Gasteiger partial charge in [0.05, 0.1) is 5.54 Å². The predicted octanol–water partition coefficient (Wildman–Crippen LogP) is 3.75. The Bertz CT molecular complexity index is 313. The van der Waals surface area contributed by atoms with Crippen molar-refractivity contribution < 1.29 is 0 Å². The molecule has 1 N–H and O–H groups in total. The van der Waals surface area contributed by atoms with Crippen LogP contribution in [0.3, 0.4) is 0 Å². The fraction of sp³-hybridized carbons (Fsp3) is 0.636. The van der Waals surface area contributed by atoms with Gasteiger partial charge < -0.3 is 5.32 Å². The smallest absolute Gasteiger partial charge is 0.0563 e. The monoisotopic (exact) mass is 273 g/mol. The Morgan fingerprint density at radius 2 is 2.36 bits per heavy atom. The third kappa shape index (κ3) is 1.55. The highest BCUT2D eigenvalue weighted by Crippen LogP contribution is 2.43. The Kier molecular flexibility index (Phi) is 3.01. The lowest BCUT2D eigenvalue weighted by Crippen LogP contribution is -2.41. The van der Waals surface area contributed by atoms with Crippen molar-refractivity contribution in [2.24, 2.45) is 5.92 Å². The lowest BCUT2D eigenvalue weighted by atomic mass is 9.83. The molecule has 1 saturated heterocycles. The Morgan fingerprint density at radius 3 is 2.79 bits per heavy atom. The molecule has 0 spiro atoms. The van der Waals surface area contributed by atoms with E-state index < -0.39 is 0 Å². The third-order valence-corrected chi connectivity index (χ3v) is 5.21. The van der Waals surface area contributed by atoms with Gasteiger partial charge >= 0.3 is 0 Å². The minimum absolute atomic E-state index is 0.229. The zero-order valence-corrected chi connectivity index (χ0v) is 11.0. The van der Waals surface area contributed by atoms with Crippen LogP contribution in [0.4, 0.5) is 0 Å². The van der Waals surface area contributed by atoms with Crippen LogP contribution in [0.2, 0.25) is 0 Å². The molecule has 1 aliphatic rings. The van der Waals surface area contributed by atoms with Crippen LogP contribution in [0, 0.1) is 5.92 Å². The molecule has 3 heteroatoms. The molecule has 0 bridgehead atoms. The standard InChI is InChI=1S/C11H16BrNS/c1-8(2)11(5-3-6-13-11)10-9(12)4-7-14-10/h4,7-8,13H,3,5-6H2,1-2H3. The summed E-state index contributed by atoms with van der Waals surface area (Å²) in [4.78, 5) is 1.48. The van der Waals surface area contributed by atoms with E-state index in [9.17, 15) is 0 Å². The summed E-state index contributed by atoms with van der Waals surface area (Å²) >= 11 is 5.51. The van der Waals surface area contributed by atoms with E-state index in [4.69, 9.17) is 0 Å². The summed E-state index contributed by atoms with van der Waals surface area (Å²) in [6.07, 6.45) is 2.56. The van der Waals surface area contributed by atoms with Gasteiger partial charge in [-0.05, 0) is 52.7 Å². The molecule has 2 rings (SSSR count). The maximum absolute atomic E-state index is 3.69. The van der Waals surface area contributed by atoms with E-state index in [-0.39, 0.29) is 5.54 Å². The number of halogens is 1. The number of hydrogen-bond donors (Lipinski definition) is 1. The van der Waals surface area contributed by atoms with Gasteiger partial charge in [0, 0.05) is 9.35 Å². The molecule has 0 aromatic carbocycles. The Morgan fingerprint density at radius 1 is 1.57 bits per heavy atom. The first kappa shape index (κ1) is 10.7.